The summed E-state index contributed by atoms with van der Waals surface area (Å²) in [6.45, 7) is 0. The maximum atomic E-state index is 12.8. The highest BCUT2D eigenvalue weighted by atomic mass is 32.2. The molecule has 1 atom stereocenters. The molecule has 1 saturated heterocycles. The number of aliphatic imine (C=N–C) groups is 1. The van der Waals surface area contributed by atoms with Crippen LogP contribution in [0.1, 0.15) is 29.2 Å². The number of para-hydroxylation sites is 1. The average molecular weight is 392 g/mol. The van der Waals surface area contributed by atoms with Gasteiger partial charge in [-0.3, -0.25) is 9.69 Å². The van der Waals surface area contributed by atoms with Crippen molar-refractivity contribution in [3.63, 3.8) is 0 Å². The second-order valence-electron chi connectivity index (χ2n) is 6.95. The van der Waals surface area contributed by atoms with E-state index >= 15 is 0 Å². The number of thioether (sulfide) groups is 1. The van der Waals surface area contributed by atoms with Crippen molar-refractivity contribution in [2.24, 2.45) is 4.99 Å². The molecule has 0 N–H and O–H groups in total. The lowest BCUT2D eigenvalue weighted by Gasteiger charge is -2.37. The molecule has 1 aliphatic carbocycles. The van der Waals surface area contributed by atoms with Crippen molar-refractivity contribution in [2.75, 3.05) is 20.0 Å². The van der Waals surface area contributed by atoms with Gasteiger partial charge in [0.25, 0.3) is 0 Å². The zero-order valence-electron chi connectivity index (χ0n) is 15.8. The van der Waals surface area contributed by atoms with Crippen LogP contribution in [-0.2, 0) is 11.2 Å². The first-order valence-electron chi connectivity index (χ1n) is 9.28. The summed E-state index contributed by atoms with van der Waals surface area (Å²) in [5.41, 5.74) is 5.45. The summed E-state index contributed by atoms with van der Waals surface area (Å²) in [6, 6.07) is 13.9. The zero-order chi connectivity index (χ0) is 19.3. The maximum Gasteiger partial charge on any atom is 0.239 e. The number of carbonyl (C=O) groups excluding carboxylic acids is 1. The summed E-state index contributed by atoms with van der Waals surface area (Å²) in [7, 11) is 3.38. The molecule has 1 unspecified atom stereocenters. The largest absolute Gasteiger partial charge is 0.496 e. The number of hydrogen-bond donors (Lipinski definition) is 0. The van der Waals surface area contributed by atoms with Crippen LogP contribution in [0.3, 0.4) is 0 Å². The number of methoxy groups -OCH3 is 2. The van der Waals surface area contributed by atoms with Gasteiger partial charge >= 0.3 is 0 Å². The van der Waals surface area contributed by atoms with Crippen molar-refractivity contribution in [1.82, 2.24) is 4.90 Å². The van der Waals surface area contributed by atoms with Gasteiger partial charge < -0.3 is 9.47 Å². The fourth-order valence-electron chi connectivity index (χ4n) is 4.37. The van der Waals surface area contributed by atoms with Gasteiger partial charge in [-0.05, 0) is 30.5 Å². The van der Waals surface area contributed by atoms with Crippen molar-refractivity contribution in [3.05, 3.63) is 64.7 Å². The van der Waals surface area contributed by atoms with Gasteiger partial charge in [-0.15, -0.1) is 0 Å². The average Bonchev–Trinajstić information content (AvgIpc) is 3.12. The molecule has 2 aromatic rings. The van der Waals surface area contributed by atoms with Crippen LogP contribution in [0.5, 0.6) is 11.5 Å². The van der Waals surface area contributed by atoms with E-state index in [1.807, 2.05) is 35.2 Å². The van der Waals surface area contributed by atoms with Gasteiger partial charge in [0.2, 0.25) is 5.91 Å². The molecule has 0 saturated carbocycles. The fourth-order valence-corrected chi connectivity index (χ4v) is 5.26. The molecule has 0 spiro atoms. The van der Waals surface area contributed by atoms with Crippen LogP contribution in [0.4, 0.5) is 0 Å². The molecule has 28 heavy (non-hydrogen) atoms. The normalized spacial score (nSPS) is 20.4. The van der Waals surface area contributed by atoms with Crippen LogP contribution in [0.25, 0.3) is 5.70 Å². The highest BCUT2D eigenvalue weighted by Gasteiger charge is 2.43. The molecule has 5 nitrogen and oxygen atoms in total. The predicted molar refractivity (Wildman–Crippen MR) is 111 cm³/mol. The first-order chi connectivity index (χ1) is 13.7. The number of nitrogens with zero attached hydrogens (tertiary/aromatic N) is 2. The lowest BCUT2D eigenvalue weighted by molar-refractivity contribution is -0.125. The van der Waals surface area contributed by atoms with Gasteiger partial charge in [0, 0.05) is 16.7 Å². The topological polar surface area (TPSA) is 51.1 Å². The quantitative estimate of drug-likeness (QED) is 0.791. The molecule has 2 heterocycles. The van der Waals surface area contributed by atoms with Crippen molar-refractivity contribution < 1.29 is 14.3 Å². The highest BCUT2D eigenvalue weighted by molar-refractivity contribution is 8.15. The Labute approximate surface area is 168 Å². The molecule has 0 aromatic heterocycles. The van der Waals surface area contributed by atoms with Crippen molar-refractivity contribution in [2.45, 2.75) is 18.9 Å². The number of amides is 1. The second kappa shape index (κ2) is 6.71. The Morgan fingerprint density at radius 3 is 2.64 bits per heavy atom. The van der Waals surface area contributed by atoms with E-state index in [-0.39, 0.29) is 11.9 Å². The van der Waals surface area contributed by atoms with E-state index in [0.29, 0.717) is 5.75 Å². The third-order valence-electron chi connectivity index (χ3n) is 5.59. The third kappa shape index (κ3) is 2.48. The number of carbonyl (C=O) groups is 1. The number of amidine groups is 1. The third-order valence-corrected chi connectivity index (χ3v) is 6.52. The van der Waals surface area contributed by atoms with Crippen molar-refractivity contribution in [1.29, 1.82) is 0 Å². The van der Waals surface area contributed by atoms with Gasteiger partial charge in [-0.2, -0.15) is 0 Å². The summed E-state index contributed by atoms with van der Waals surface area (Å²) in [5, 5.41) is 0.773. The smallest absolute Gasteiger partial charge is 0.239 e. The number of fused-ring (bicyclic) bond motifs is 3. The second-order valence-corrected chi connectivity index (χ2v) is 7.89. The van der Waals surface area contributed by atoms with Crippen LogP contribution < -0.4 is 9.47 Å². The molecule has 3 aliphatic rings. The van der Waals surface area contributed by atoms with Gasteiger partial charge in [0.15, 0.2) is 5.17 Å². The summed E-state index contributed by atoms with van der Waals surface area (Å²) in [5.74, 6) is 2.22. The van der Waals surface area contributed by atoms with Crippen LogP contribution in [0.2, 0.25) is 0 Å². The summed E-state index contributed by atoms with van der Waals surface area (Å²) in [6.07, 6.45) is 1.69. The number of ether oxygens (including phenoxy) is 2. The SMILES string of the molecule is COc1ccccc1C1C2=C(N=C3SCC(=O)N31)c1cccc(OC)c1CC2. The lowest BCUT2D eigenvalue weighted by Crippen LogP contribution is -2.38. The highest BCUT2D eigenvalue weighted by Crippen LogP contribution is 2.50. The van der Waals surface area contributed by atoms with Crippen LogP contribution in [0.15, 0.2) is 53.0 Å². The molecule has 0 radical (unpaired) electrons. The molecule has 142 valence electrons. The monoisotopic (exact) mass is 392 g/mol. The molecule has 2 aromatic carbocycles. The minimum atomic E-state index is -0.180. The minimum Gasteiger partial charge on any atom is -0.496 e. The van der Waals surface area contributed by atoms with Crippen molar-refractivity contribution >= 4 is 28.5 Å². The van der Waals surface area contributed by atoms with E-state index in [4.69, 9.17) is 14.5 Å². The maximum absolute atomic E-state index is 12.8. The predicted octanol–water partition coefficient (Wildman–Crippen LogP) is 4.05. The summed E-state index contributed by atoms with van der Waals surface area (Å²) >= 11 is 1.51. The van der Waals surface area contributed by atoms with Crippen molar-refractivity contribution in [3.8, 4) is 11.5 Å². The fraction of sp³-hybridized carbons (Fsp3) is 0.273. The van der Waals surface area contributed by atoms with E-state index in [2.05, 4.69) is 12.1 Å². The standard InChI is InChI=1S/C22H20N2O3S/c1-26-17-9-5-7-14-13(17)10-11-16-20(14)23-22-24(19(25)12-28-22)21(16)15-6-3-4-8-18(15)27-2/h3-9,21H,10-12H2,1-2H3. The molecular formula is C22H20N2O3S. The lowest BCUT2D eigenvalue weighted by atomic mass is 9.82. The number of rotatable bonds is 3. The molecule has 6 heteroatoms. The van der Waals surface area contributed by atoms with Crippen LogP contribution in [0, 0.1) is 0 Å². The number of hydrogen-bond acceptors (Lipinski definition) is 5. The Morgan fingerprint density at radius 1 is 1.04 bits per heavy atom. The molecule has 0 bridgehead atoms. The zero-order valence-corrected chi connectivity index (χ0v) is 16.6. The molecule has 1 fully saturated rings. The Kier molecular flexibility index (Phi) is 4.16. The molecular weight excluding hydrogens is 372 g/mol. The van der Waals surface area contributed by atoms with Gasteiger partial charge in [-0.25, -0.2) is 4.99 Å². The Morgan fingerprint density at radius 2 is 1.82 bits per heavy atom. The first kappa shape index (κ1) is 17.4. The van der Waals surface area contributed by atoms with E-state index < -0.39 is 0 Å². The summed E-state index contributed by atoms with van der Waals surface area (Å²) < 4.78 is 11.2. The van der Waals surface area contributed by atoms with E-state index in [1.165, 1.54) is 22.9 Å². The van der Waals surface area contributed by atoms with E-state index in [1.54, 1.807) is 14.2 Å². The number of benzene rings is 2. The molecule has 5 rings (SSSR count). The first-order valence-corrected chi connectivity index (χ1v) is 10.3. The Hall–Kier alpha value is -2.73. The Balaban J connectivity index is 1.75. The van der Waals surface area contributed by atoms with Crippen LogP contribution >= 0.6 is 11.8 Å². The van der Waals surface area contributed by atoms with Gasteiger partial charge in [-0.1, -0.05) is 42.1 Å². The van der Waals surface area contributed by atoms with E-state index in [0.717, 1.165) is 46.3 Å². The van der Waals surface area contributed by atoms with E-state index in [9.17, 15) is 4.79 Å². The molecule has 1 amide bonds. The van der Waals surface area contributed by atoms with Gasteiger partial charge in [0.1, 0.15) is 11.5 Å². The Bertz CT molecular complexity index is 1040. The summed E-state index contributed by atoms with van der Waals surface area (Å²) in [4.78, 5) is 19.5. The molecule has 2 aliphatic heterocycles. The minimum absolute atomic E-state index is 0.0997. The van der Waals surface area contributed by atoms with Crippen LogP contribution in [-0.4, -0.2) is 35.9 Å². The van der Waals surface area contributed by atoms with Gasteiger partial charge in [0.05, 0.1) is 31.7 Å².